The zero-order valence-corrected chi connectivity index (χ0v) is 7.01. The zero-order valence-electron chi connectivity index (χ0n) is 5.29. The Morgan fingerprint density at radius 3 is 2.44 bits per heavy atom. The molecule has 0 bridgehead atoms. The van der Waals surface area contributed by atoms with Crippen LogP contribution in [0.3, 0.4) is 0 Å². The summed E-state index contributed by atoms with van der Waals surface area (Å²) in [6.45, 7) is 2.10. The average Bonchev–Trinajstić information content (AvgIpc) is 1.89. The van der Waals surface area contributed by atoms with Crippen LogP contribution in [0.25, 0.3) is 0 Å². The van der Waals surface area contributed by atoms with Crippen LogP contribution in [0.2, 0.25) is 0 Å². The van der Waals surface area contributed by atoms with Crippen molar-refractivity contribution in [3.05, 3.63) is 35.4 Å². The number of benzene rings is 1. The number of rotatable bonds is 1. The maximum atomic E-state index is 2.87. The molecule has 9 heavy (non-hydrogen) atoms. The van der Waals surface area contributed by atoms with Gasteiger partial charge in [0.15, 0.2) is 0 Å². The van der Waals surface area contributed by atoms with Gasteiger partial charge in [0.2, 0.25) is 0 Å². The Hall–Kier alpha value is -0.391. The molecule has 0 fully saturated rings. The summed E-state index contributed by atoms with van der Waals surface area (Å²) in [5.41, 5.74) is 2.59. The standard InChI is InChI=1S/C8H8Se/c1-7-4-2-3-5-8(7)6-9/h2-6H,1H3. The second-order valence-corrected chi connectivity index (χ2v) is 2.47. The van der Waals surface area contributed by atoms with E-state index in [1.807, 2.05) is 17.1 Å². The van der Waals surface area contributed by atoms with Crippen LogP contribution in [0.15, 0.2) is 24.3 Å². The van der Waals surface area contributed by atoms with Crippen molar-refractivity contribution in [2.75, 3.05) is 0 Å². The van der Waals surface area contributed by atoms with Crippen LogP contribution in [0.1, 0.15) is 11.1 Å². The first-order chi connectivity index (χ1) is 4.34. The quantitative estimate of drug-likeness (QED) is 0.576. The summed E-state index contributed by atoms with van der Waals surface area (Å²) in [5, 5.41) is 0. The summed E-state index contributed by atoms with van der Waals surface area (Å²) >= 11 is 2.87. The number of aryl methyl sites for hydroxylation is 1. The first-order valence-electron chi connectivity index (χ1n) is 2.85. The third-order valence-corrected chi connectivity index (χ3v) is 1.85. The van der Waals surface area contributed by atoms with E-state index in [2.05, 4.69) is 34.6 Å². The summed E-state index contributed by atoms with van der Waals surface area (Å²) < 4.78 is 0. The van der Waals surface area contributed by atoms with E-state index in [4.69, 9.17) is 0 Å². The fourth-order valence-corrected chi connectivity index (χ4v) is 1.27. The molecule has 0 atom stereocenters. The van der Waals surface area contributed by atoms with Crippen LogP contribution in [-0.2, 0) is 0 Å². The molecular weight excluding hydrogens is 175 g/mol. The summed E-state index contributed by atoms with van der Waals surface area (Å²) in [5.74, 6) is 0. The van der Waals surface area contributed by atoms with E-state index in [0.29, 0.717) is 0 Å². The van der Waals surface area contributed by atoms with Gasteiger partial charge in [0, 0.05) is 0 Å². The summed E-state index contributed by atoms with van der Waals surface area (Å²) in [6, 6.07) is 8.27. The third-order valence-electron chi connectivity index (χ3n) is 1.32. The van der Waals surface area contributed by atoms with Gasteiger partial charge >= 0.3 is 62.8 Å². The van der Waals surface area contributed by atoms with E-state index in [1.165, 1.54) is 11.1 Å². The van der Waals surface area contributed by atoms with Crippen molar-refractivity contribution in [1.29, 1.82) is 0 Å². The van der Waals surface area contributed by atoms with Crippen molar-refractivity contribution in [2.24, 2.45) is 0 Å². The molecule has 0 nitrogen and oxygen atoms in total. The van der Waals surface area contributed by atoms with Gasteiger partial charge in [-0.1, -0.05) is 0 Å². The van der Waals surface area contributed by atoms with E-state index in [-0.39, 0.29) is 0 Å². The number of hydrogen-bond donors (Lipinski definition) is 0. The summed E-state index contributed by atoms with van der Waals surface area (Å²) in [6.07, 6.45) is 0. The Balaban J connectivity index is 3.15. The monoisotopic (exact) mass is 184 g/mol. The van der Waals surface area contributed by atoms with E-state index in [0.717, 1.165) is 0 Å². The second-order valence-electron chi connectivity index (χ2n) is 1.97. The van der Waals surface area contributed by atoms with Crippen molar-refractivity contribution in [2.45, 2.75) is 6.92 Å². The van der Waals surface area contributed by atoms with Gasteiger partial charge in [0.25, 0.3) is 0 Å². The van der Waals surface area contributed by atoms with Gasteiger partial charge < -0.3 is 0 Å². The average molecular weight is 183 g/mol. The molecular formula is C8H8Se. The van der Waals surface area contributed by atoms with E-state index >= 15 is 0 Å². The number of hydrogen-bond acceptors (Lipinski definition) is 0. The van der Waals surface area contributed by atoms with E-state index in [1.54, 1.807) is 0 Å². The van der Waals surface area contributed by atoms with E-state index < -0.39 is 0 Å². The third kappa shape index (κ3) is 1.51. The molecule has 0 aliphatic carbocycles. The van der Waals surface area contributed by atoms with Crippen LogP contribution in [0.5, 0.6) is 0 Å². The maximum absolute atomic E-state index is 2.87. The van der Waals surface area contributed by atoms with Gasteiger partial charge in [-0.3, -0.25) is 0 Å². The van der Waals surface area contributed by atoms with Crippen molar-refractivity contribution in [1.82, 2.24) is 0 Å². The van der Waals surface area contributed by atoms with Gasteiger partial charge in [-0.15, -0.1) is 0 Å². The molecule has 0 aliphatic heterocycles. The van der Waals surface area contributed by atoms with Gasteiger partial charge in [-0.25, -0.2) is 0 Å². The Morgan fingerprint density at radius 2 is 2.00 bits per heavy atom. The van der Waals surface area contributed by atoms with Crippen LogP contribution in [0.4, 0.5) is 0 Å². The van der Waals surface area contributed by atoms with Crippen molar-refractivity contribution < 1.29 is 0 Å². The predicted octanol–water partition coefficient (Wildman–Crippen LogP) is 1.31. The topological polar surface area (TPSA) is 0 Å². The molecule has 0 saturated carbocycles. The van der Waals surface area contributed by atoms with Gasteiger partial charge in [0.1, 0.15) is 0 Å². The fraction of sp³-hybridized carbons (Fsp3) is 0.125. The molecule has 0 radical (unpaired) electrons. The van der Waals surface area contributed by atoms with Crippen molar-refractivity contribution in [3.63, 3.8) is 0 Å². The molecule has 1 heteroatoms. The molecule has 0 N–H and O–H groups in total. The molecule has 0 amide bonds. The van der Waals surface area contributed by atoms with Crippen LogP contribution < -0.4 is 0 Å². The minimum atomic E-state index is 1.28. The van der Waals surface area contributed by atoms with Crippen LogP contribution >= 0.6 is 0 Å². The van der Waals surface area contributed by atoms with Gasteiger partial charge in [0.05, 0.1) is 0 Å². The second kappa shape index (κ2) is 2.95. The molecule has 1 aromatic carbocycles. The summed E-state index contributed by atoms with van der Waals surface area (Å²) in [4.78, 5) is 2.00. The first-order valence-corrected chi connectivity index (χ1v) is 3.84. The minimum absolute atomic E-state index is 1.28. The molecule has 0 heterocycles. The molecule has 0 aromatic heterocycles. The molecule has 1 aromatic rings. The Bertz CT molecular complexity index is 216. The van der Waals surface area contributed by atoms with E-state index in [9.17, 15) is 0 Å². The zero-order chi connectivity index (χ0) is 6.69. The molecule has 46 valence electrons. The van der Waals surface area contributed by atoms with Crippen LogP contribution in [-0.4, -0.2) is 20.5 Å². The molecule has 0 saturated heterocycles. The van der Waals surface area contributed by atoms with Gasteiger partial charge in [-0.2, -0.15) is 0 Å². The predicted molar refractivity (Wildman–Crippen MR) is 42.1 cm³/mol. The molecule has 0 aliphatic rings. The summed E-state index contributed by atoms with van der Waals surface area (Å²) in [7, 11) is 0. The van der Waals surface area contributed by atoms with Crippen LogP contribution in [0, 0.1) is 6.92 Å². The fourth-order valence-electron chi connectivity index (χ4n) is 0.719. The van der Waals surface area contributed by atoms with Crippen molar-refractivity contribution in [3.8, 4) is 0 Å². The first kappa shape index (κ1) is 6.73. The Morgan fingerprint density at radius 1 is 1.33 bits per heavy atom. The Labute approximate surface area is 63.3 Å². The molecule has 0 spiro atoms. The normalized spacial score (nSPS) is 9.00. The SMILES string of the molecule is Cc1ccccc1C=[Se]. The Kier molecular flexibility index (Phi) is 2.21. The molecule has 1 rings (SSSR count). The molecule has 0 unspecified atom stereocenters. The van der Waals surface area contributed by atoms with Crippen molar-refractivity contribution >= 4 is 20.5 Å². The van der Waals surface area contributed by atoms with Gasteiger partial charge in [-0.05, 0) is 0 Å².